The molecule has 0 saturated carbocycles. The summed E-state index contributed by atoms with van der Waals surface area (Å²) in [6.45, 7) is 3.59. The van der Waals surface area contributed by atoms with Gasteiger partial charge in [0.2, 0.25) is 5.91 Å². The molecule has 1 aromatic carbocycles. The van der Waals surface area contributed by atoms with Gasteiger partial charge in [-0.1, -0.05) is 29.8 Å². The van der Waals surface area contributed by atoms with Gasteiger partial charge in [0.05, 0.1) is 6.04 Å². The van der Waals surface area contributed by atoms with Crippen molar-refractivity contribution in [2.45, 2.75) is 25.9 Å². The molecule has 0 fully saturated rings. The predicted molar refractivity (Wildman–Crippen MR) is 75.1 cm³/mol. The minimum absolute atomic E-state index is 0.0980. The first-order chi connectivity index (χ1) is 8.95. The first-order valence-corrected chi connectivity index (χ1v) is 6.36. The molecule has 5 nitrogen and oxygen atoms in total. The fourth-order valence-corrected chi connectivity index (χ4v) is 1.95. The molecule has 104 valence electrons. The Morgan fingerprint density at radius 1 is 1.21 bits per heavy atom. The van der Waals surface area contributed by atoms with Crippen LogP contribution in [0.1, 0.15) is 25.5 Å². The van der Waals surface area contributed by atoms with Crippen molar-refractivity contribution in [3.8, 4) is 0 Å². The number of carbonyl (C=O) groups is 2. The van der Waals surface area contributed by atoms with E-state index in [0.717, 1.165) is 5.56 Å². The van der Waals surface area contributed by atoms with Crippen LogP contribution in [0.5, 0.6) is 0 Å². The Kier molecular flexibility index (Phi) is 5.79. The molecule has 0 aliphatic rings. The summed E-state index contributed by atoms with van der Waals surface area (Å²) in [5, 5.41) is 8.27. The lowest BCUT2D eigenvalue weighted by atomic mass is 10.1. The molecule has 0 saturated heterocycles. The molecule has 3 amide bonds. The Bertz CT molecular complexity index is 465. The molecule has 0 heterocycles. The van der Waals surface area contributed by atoms with Crippen molar-refractivity contribution in [2.75, 3.05) is 7.05 Å². The maximum atomic E-state index is 11.7. The molecule has 3 N–H and O–H groups in total. The van der Waals surface area contributed by atoms with Crippen molar-refractivity contribution in [2.24, 2.45) is 0 Å². The summed E-state index contributed by atoms with van der Waals surface area (Å²) in [7, 11) is 1.45. The zero-order valence-corrected chi connectivity index (χ0v) is 11.9. The van der Waals surface area contributed by atoms with Crippen LogP contribution in [0.4, 0.5) is 4.79 Å². The van der Waals surface area contributed by atoms with E-state index in [1.807, 2.05) is 25.1 Å². The Morgan fingerprint density at radius 2 is 1.84 bits per heavy atom. The highest BCUT2D eigenvalue weighted by molar-refractivity contribution is 6.31. The van der Waals surface area contributed by atoms with E-state index in [1.165, 1.54) is 7.05 Å². The number of hydrogen-bond donors (Lipinski definition) is 3. The van der Waals surface area contributed by atoms with Gasteiger partial charge in [-0.25, -0.2) is 4.79 Å². The number of imide groups is 1. The molecular formula is C13H18ClN3O2. The molecule has 19 heavy (non-hydrogen) atoms. The number of hydrogen-bond acceptors (Lipinski definition) is 3. The fraction of sp³-hybridized carbons (Fsp3) is 0.385. The van der Waals surface area contributed by atoms with Crippen LogP contribution in [-0.4, -0.2) is 25.0 Å². The summed E-state index contributed by atoms with van der Waals surface area (Å²) < 4.78 is 0. The van der Waals surface area contributed by atoms with Gasteiger partial charge in [0, 0.05) is 18.1 Å². The van der Waals surface area contributed by atoms with Crippen molar-refractivity contribution in [1.82, 2.24) is 16.0 Å². The molecule has 0 aliphatic heterocycles. The summed E-state index contributed by atoms with van der Waals surface area (Å²) in [5.41, 5.74) is 0.906. The molecule has 0 aliphatic carbocycles. The van der Waals surface area contributed by atoms with Crippen LogP contribution in [0, 0.1) is 0 Å². The third-order valence-corrected chi connectivity index (χ3v) is 3.07. The van der Waals surface area contributed by atoms with Gasteiger partial charge in [-0.3, -0.25) is 15.4 Å². The molecule has 2 unspecified atom stereocenters. The van der Waals surface area contributed by atoms with Gasteiger partial charge < -0.3 is 5.32 Å². The van der Waals surface area contributed by atoms with E-state index in [-0.39, 0.29) is 6.04 Å². The Hall–Kier alpha value is -1.59. The molecular weight excluding hydrogens is 266 g/mol. The largest absolute Gasteiger partial charge is 0.341 e. The van der Waals surface area contributed by atoms with Crippen LogP contribution in [0.3, 0.4) is 0 Å². The van der Waals surface area contributed by atoms with Gasteiger partial charge in [0.1, 0.15) is 0 Å². The molecule has 6 heteroatoms. The predicted octanol–water partition coefficient (Wildman–Crippen LogP) is 1.83. The first-order valence-electron chi connectivity index (χ1n) is 5.98. The summed E-state index contributed by atoms with van der Waals surface area (Å²) in [5.74, 6) is -0.391. The van der Waals surface area contributed by atoms with Crippen LogP contribution in [0.2, 0.25) is 5.02 Å². The second-order valence-electron chi connectivity index (χ2n) is 4.20. The lowest BCUT2D eigenvalue weighted by Gasteiger charge is -2.20. The van der Waals surface area contributed by atoms with Gasteiger partial charge in [-0.15, -0.1) is 0 Å². The Morgan fingerprint density at radius 3 is 2.42 bits per heavy atom. The Balaban J connectivity index is 2.62. The smallest absolute Gasteiger partial charge is 0.321 e. The monoisotopic (exact) mass is 283 g/mol. The average Bonchev–Trinajstić information content (AvgIpc) is 2.38. The van der Waals surface area contributed by atoms with E-state index in [1.54, 1.807) is 13.0 Å². The molecule has 1 rings (SSSR count). The van der Waals surface area contributed by atoms with E-state index in [4.69, 9.17) is 11.6 Å². The fourth-order valence-electron chi connectivity index (χ4n) is 1.65. The van der Waals surface area contributed by atoms with Crippen LogP contribution >= 0.6 is 11.6 Å². The molecule has 2 atom stereocenters. The first kappa shape index (κ1) is 15.5. The van der Waals surface area contributed by atoms with Gasteiger partial charge in [-0.2, -0.15) is 0 Å². The number of rotatable bonds is 4. The van der Waals surface area contributed by atoms with Crippen molar-refractivity contribution in [1.29, 1.82) is 0 Å². The van der Waals surface area contributed by atoms with E-state index in [2.05, 4.69) is 16.0 Å². The van der Waals surface area contributed by atoms with E-state index in [0.29, 0.717) is 5.02 Å². The van der Waals surface area contributed by atoms with Crippen molar-refractivity contribution in [3.63, 3.8) is 0 Å². The molecule has 0 radical (unpaired) electrons. The summed E-state index contributed by atoms with van der Waals surface area (Å²) in [6.07, 6.45) is 0. The normalized spacial score (nSPS) is 13.5. The summed E-state index contributed by atoms with van der Waals surface area (Å²) in [6, 6.07) is 6.29. The maximum absolute atomic E-state index is 11.7. The second-order valence-corrected chi connectivity index (χ2v) is 4.61. The molecule has 0 spiro atoms. The van der Waals surface area contributed by atoms with Crippen LogP contribution in [0.15, 0.2) is 24.3 Å². The number of nitrogens with one attached hydrogen (secondary N) is 3. The number of halogens is 1. The van der Waals surface area contributed by atoms with E-state index < -0.39 is 18.0 Å². The van der Waals surface area contributed by atoms with E-state index >= 15 is 0 Å². The van der Waals surface area contributed by atoms with Crippen LogP contribution < -0.4 is 16.0 Å². The second kappa shape index (κ2) is 7.11. The average molecular weight is 284 g/mol. The number of amides is 3. The third-order valence-electron chi connectivity index (χ3n) is 2.73. The van der Waals surface area contributed by atoms with Crippen molar-refractivity contribution < 1.29 is 9.59 Å². The molecule has 0 aromatic heterocycles. The lowest BCUT2D eigenvalue weighted by Crippen LogP contribution is -2.47. The van der Waals surface area contributed by atoms with E-state index in [9.17, 15) is 9.59 Å². The zero-order chi connectivity index (χ0) is 14.4. The topological polar surface area (TPSA) is 70.2 Å². The number of urea groups is 1. The summed E-state index contributed by atoms with van der Waals surface area (Å²) in [4.78, 5) is 22.7. The highest BCUT2D eigenvalue weighted by Gasteiger charge is 2.18. The van der Waals surface area contributed by atoms with Crippen LogP contribution in [0.25, 0.3) is 0 Å². The quantitative estimate of drug-likeness (QED) is 0.790. The van der Waals surface area contributed by atoms with Gasteiger partial charge in [-0.05, 0) is 25.5 Å². The minimum atomic E-state index is -0.524. The molecule has 1 aromatic rings. The van der Waals surface area contributed by atoms with Crippen LogP contribution in [-0.2, 0) is 4.79 Å². The minimum Gasteiger partial charge on any atom is -0.341 e. The van der Waals surface area contributed by atoms with Gasteiger partial charge in [0.15, 0.2) is 0 Å². The summed E-state index contributed by atoms with van der Waals surface area (Å²) >= 11 is 6.08. The number of carbonyl (C=O) groups excluding carboxylic acids is 2. The third kappa shape index (κ3) is 4.54. The van der Waals surface area contributed by atoms with Crippen molar-refractivity contribution >= 4 is 23.5 Å². The van der Waals surface area contributed by atoms with Gasteiger partial charge >= 0.3 is 6.03 Å². The SMILES string of the molecule is CNC(=O)NC(=O)C(C)NC(C)c1ccccc1Cl. The Labute approximate surface area is 117 Å². The number of benzene rings is 1. The lowest BCUT2D eigenvalue weighted by molar-refractivity contribution is -0.121. The molecule has 0 bridgehead atoms. The highest BCUT2D eigenvalue weighted by atomic mass is 35.5. The zero-order valence-electron chi connectivity index (χ0n) is 11.2. The maximum Gasteiger partial charge on any atom is 0.321 e. The van der Waals surface area contributed by atoms with Crippen molar-refractivity contribution in [3.05, 3.63) is 34.9 Å². The standard InChI is InChI=1S/C13H18ClN3O2/c1-8(10-6-4-5-7-11(10)14)16-9(2)12(18)17-13(19)15-3/h4-9,16H,1-3H3,(H2,15,17,18,19). The highest BCUT2D eigenvalue weighted by Crippen LogP contribution is 2.22. The van der Waals surface area contributed by atoms with Gasteiger partial charge in [0.25, 0.3) is 0 Å².